The molecular weight excluding hydrogens is 390 g/mol. The molecule has 0 radical (unpaired) electrons. The maximum Gasteiger partial charge on any atom is 0.242 e. The summed E-state index contributed by atoms with van der Waals surface area (Å²) in [5.74, 6) is 0.837. The summed E-state index contributed by atoms with van der Waals surface area (Å²) >= 11 is 3.53. The van der Waals surface area contributed by atoms with Crippen molar-refractivity contribution in [3.8, 4) is 0 Å². The van der Waals surface area contributed by atoms with Crippen LogP contribution in [0, 0.1) is 5.92 Å². The zero-order chi connectivity index (χ0) is 18.1. The molecule has 0 unspecified atom stereocenters. The summed E-state index contributed by atoms with van der Waals surface area (Å²) in [5.41, 5.74) is 1.11. The highest BCUT2D eigenvalue weighted by atomic mass is 79.9. The number of rotatable bonds is 4. The van der Waals surface area contributed by atoms with E-state index in [1.807, 2.05) is 24.2 Å². The van der Waals surface area contributed by atoms with Crippen LogP contribution in [0.3, 0.4) is 0 Å². The lowest BCUT2D eigenvalue weighted by atomic mass is 9.83. The number of likely N-dealkylation sites (N-methyl/N-ethyl adjacent to an activating group) is 1. The van der Waals surface area contributed by atoms with Crippen LogP contribution in [0.15, 0.2) is 34.9 Å². The minimum absolute atomic E-state index is 0.204. The normalized spacial score (nSPS) is 23.8. The highest BCUT2D eigenvalue weighted by Crippen LogP contribution is 2.31. The molecular formula is C21H28BrN3O. The summed E-state index contributed by atoms with van der Waals surface area (Å²) in [6.45, 7) is 3.81. The van der Waals surface area contributed by atoms with Crippen molar-refractivity contribution in [3.05, 3.63) is 34.9 Å². The van der Waals surface area contributed by atoms with Crippen LogP contribution in [-0.2, 0) is 11.3 Å². The number of amides is 1. The number of aromatic nitrogens is 1. The van der Waals surface area contributed by atoms with E-state index in [9.17, 15) is 4.79 Å². The van der Waals surface area contributed by atoms with Gasteiger partial charge >= 0.3 is 0 Å². The Hall–Kier alpha value is -1.33. The van der Waals surface area contributed by atoms with Crippen LogP contribution >= 0.6 is 15.9 Å². The summed E-state index contributed by atoms with van der Waals surface area (Å²) in [4.78, 5) is 17.5. The fourth-order valence-corrected chi connectivity index (χ4v) is 5.15. The molecule has 0 N–H and O–H groups in total. The lowest BCUT2D eigenvalue weighted by molar-refractivity contribution is -0.131. The highest BCUT2D eigenvalue weighted by molar-refractivity contribution is 9.10. The second-order valence-electron chi connectivity index (χ2n) is 7.92. The van der Waals surface area contributed by atoms with Gasteiger partial charge in [0.2, 0.25) is 5.91 Å². The molecule has 1 aromatic carbocycles. The number of hydrogen-bond acceptors (Lipinski definition) is 2. The molecule has 1 aromatic heterocycles. The Kier molecular flexibility index (Phi) is 5.37. The van der Waals surface area contributed by atoms with Gasteiger partial charge in [0.1, 0.15) is 6.54 Å². The molecule has 0 saturated carbocycles. The van der Waals surface area contributed by atoms with E-state index in [0.717, 1.165) is 16.5 Å². The Morgan fingerprint density at radius 2 is 2.04 bits per heavy atom. The summed E-state index contributed by atoms with van der Waals surface area (Å²) in [5, 5.41) is 1.17. The number of piperidine rings is 2. The van der Waals surface area contributed by atoms with Gasteiger partial charge in [-0.1, -0.05) is 28.4 Å². The summed E-state index contributed by atoms with van der Waals surface area (Å²) in [7, 11) is 1.98. The molecule has 0 spiro atoms. The fourth-order valence-electron chi connectivity index (χ4n) is 4.81. The van der Waals surface area contributed by atoms with Gasteiger partial charge < -0.3 is 14.4 Å². The molecule has 2 fully saturated rings. The van der Waals surface area contributed by atoms with E-state index in [-0.39, 0.29) is 5.91 Å². The van der Waals surface area contributed by atoms with E-state index in [0.29, 0.717) is 18.5 Å². The Morgan fingerprint density at radius 3 is 2.92 bits per heavy atom. The van der Waals surface area contributed by atoms with Crippen LogP contribution in [0.5, 0.6) is 0 Å². The van der Waals surface area contributed by atoms with Gasteiger partial charge in [-0.05, 0) is 68.3 Å². The SMILES string of the molecule is CN(C[C@@H]1CCCN2CCCC[C@H]12)C(=O)Cn1ccc2ccc(Br)cc21. The molecule has 2 saturated heterocycles. The van der Waals surface area contributed by atoms with E-state index >= 15 is 0 Å². The van der Waals surface area contributed by atoms with Gasteiger partial charge in [-0.2, -0.15) is 0 Å². The fraction of sp³-hybridized carbons (Fsp3) is 0.571. The lowest BCUT2D eigenvalue weighted by Gasteiger charge is -2.45. The third-order valence-corrected chi connectivity index (χ3v) is 6.70. The van der Waals surface area contributed by atoms with Gasteiger partial charge in [-0.25, -0.2) is 0 Å². The van der Waals surface area contributed by atoms with Crippen molar-refractivity contribution >= 4 is 32.7 Å². The molecule has 4 nitrogen and oxygen atoms in total. The zero-order valence-corrected chi connectivity index (χ0v) is 17.1. The molecule has 2 aliphatic rings. The third kappa shape index (κ3) is 3.70. The van der Waals surface area contributed by atoms with Crippen molar-refractivity contribution in [1.29, 1.82) is 0 Å². The summed E-state index contributed by atoms with van der Waals surface area (Å²) in [6.07, 6.45) is 8.56. The first-order valence-corrected chi connectivity index (χ1v) is 10.6. The number of carbonyl (C=O) groups excluding carboxylic acids is 1. The maximum absolute atomic E-state index is 12.9. The highest BCUT2D eigenvalue weighted by Gasteiger charge is 2.34. The molecule has 2 aliphatic heterocycles. The van der Waals surface area contributed by atoms with Crippen LogP contribution in [0.25, 0.3) is 10.9 Å². The van der Waals surface area contributed by atoms with Gasteiger partial charge in [0.15, 0.2) is 0 Å². The second kappa shape index (κ2) is 7.73. The van der Waals surface area contributed by atoms with E-state index in [2.05, 4.69) is 43.6 Å². The minimum atomic E-state index is 0.204. The first kappa shape index (κ1) is 18.1. The van der Waals surface area contributed by atoms with E-state index in [1.165, 1.54) is 50.6 Å². The van der Waals surface area contributed by atoms with Crippen LogP contribution < -0.4 is 0 Å². The molecule has 26 heavy (non-hydrogen) atoms. The number of fused-ring (bicyclic) bond motifs is 2. The standard InChI is InChI=1S/C21H28BrN3O/c1-23(14-17-5-4-11-24-10-3-2-6-19(17)24)21(26)15-25-12-9-16-7-8-18(22)13-20(16)25/h7-9,12-13,17,19H,2-6,10-11,14-15H2,1H3/t17-,19+/m0/s1. The molecule has 4 rings (SSSR count). The first-order valence-electron chi connectivity index (χ1n) is 9.84. The van der Waals surface area contributed by atoms with E-state index in [1.54, 1.807) is 0 Å². The molecule has 0 aliphatic carbocycles. The minimum Gasteiger partial charge on any atom is -0.344 e. The predicted molar refractivity (Wildman–Crippen MR) is 109 cm³/mol. The molecule has 140 valence electrons. The summed E-state index contributed by atoms with van der Waals surface area (Å²) in [6, 6.07) is 8.99. The van der Waals surface area contributed by atoms with Crippen LogP contribution in [0.4, 0.5) is 0 Å². The Balaban J connectivity index is 1.41. The average molecular weight is 418 g/mol. The van der Waals surface area contributed by atoms with Gasteiger partial charge in [0.05, 0.1) is 0 Å². The monoisotopic (exact) mass is 417 g/mol. The second-order valence-corrected chi connectivity index (χ2v) is 8.84. The van der Waals surface area contributed by atoms with Gasteiger partial charge in [0, 0.05) is 35.8 Å². The van der Waals surface area contributed by atoms with Crippen molar-refractivity contribution in [2.75, 3.05) is 26.7 Å². The number of nitrogens with zero attached hydrogens (tertiary/aromatic N) is 3. The first-order chi connectivity index (χ1) is 12.6. The molecule has 0 bridgehead atoms. The van der Waals surface area contributed by atoms with Crippen molar-refractivity contribution in [2.45, 2.75) is 44.7 Å². The molecule has 2 atom stereocenters. The maximum atomic E-state index is 12.9. The predicted octanol–water partition coefficient (Wildman–Crippen LogP) is 4.13. The number of benzene rings is 1. The Labute approximate surface area is 164 Å². The molecule has 5 heteroatoms. The van der Waals surface area contributed by atoms with Gasteiger partial charge in [0.25, 0.3) is 0 Å². The Bertz CT molecular complexity index is 785. The third-order valence-electron chi connectivity index (χ3n) is 6.20. The van der Waals surface area contributed by atoms with Crippen molar-refractivity contribution in [3.63, 3.8) is 0 Å². The average Bonchev–Trinajstić information content (AvgIpc) is 3.04. The molecule has 3 heterocycles. The largest absolute Gasteiger partial charge is 0.344 e. The topological polar surface area (TPSA) is 28.5 Å². The lowest BCUT2D eigenvalue weighted by Crippen LogP contribution is -2.51. The summed E-state index contributed by atoms with van der Waals surface area (Å²) < 4.78 is 3.11. The van der Waals surface area contributed by atoms with E-state index < -0.39 is 0 Å². The molecule has 1 amide bonds. The smallest absolute Gasteiger partial charge is 0.242 e. The van der Waals surface area contributed by atoms with Crippen LogP contribution in [-0.4, -0.2) is 53.0 Å². The van der Waals surface area contributed by atoms with Gasteiger partial charge in [-0.3, -0.25) is 4.79 Å². The van der Waals surface area contributed by atoms with Crippen LogP contribution in [0.2, 0.25) is 0 Å². The zero-order valence-electron chi connectivity index (χ0n) is 15.5. The van der Waals surface area contributed by atoms with Gasteiger partial charge in [-0.15, -0.1) is 0 Å². The quantitative estimate of drug-likeness (QED) is 0.747. The van der Waals surface area contributed by atoms with Crippen molar-refractivity contribution in [1.82, 2.24) is 14.4 Å². The van der Waals surface area contributed by atoms with E-state index in [4.69, 9.17) is 0 Å². The van der Waals surface area contributed by atoms with Crippen LogP contribution in [0.1, 0.15) is 32.1 Å². The number of halogens is 1. The van der Waals surface area contributed by atoms with Crippen molar-refractivity contribution in [2.24, 2.45) is 5.92 Å². The van der Waals surface area contributed by atoms with Crippen molar-refractivity contribution < 1.29 is 4.79 Å². The molecule has 2 aromatic rings. The number of hydrogen-bond donors (Lipinski definition) is 0. The number of carbonyl (C=O) groups is 1. The Morgan fingerprint density at radius 1 is 1.19 bits per heavy atom.